The smallest absolute Gasteiger partial charge is 0.267 e. The Morgan fingerprint density at radius 2 is 1.89 bits per heavy atom. The van der Waals surface area contributed by atoms with Crippen LogP contribution in [0.2, 0.25) is 0 Å². The van der Waals surface area contributed by atoms with Crippen molar-refractivity contribution in [2.75, 3.05) is 0 Å². The van der Waals surface area contributed by atoms with Crippen LogP contribution in [0.3, 0.4) is 0 Å². The summed E-state index contributed by atoms with van der Waals surface area (Å²) in [5, 5.41) is 8.17. The van der Waals surface area contributed by atoms with Crippen LogP contribution >= 0.6 is 0 Å². The molecule has 4 rings (SSSR count). The number of aromatic amines is 1. The summed E-state index contributed by atoms with van der Waals surface area (Å²) < 4.78 is 1.77. The summed E-state index contributed by atoms with van der Waals surface area (Å²) in [6.07, 6.45) is 3.22. The van der Waals surface area contributed by atoms with E-state index in [4.69, 9.17) is 0 Å². The van der Waals surface area contributed by atoms with Crippen molar-refractivity contribution in [3.8, 4) is 0 Å². The van der Waals surface area contributed by atoms with Gasteiger partial charge in [-0.25, -0.2) is 9.67 Å². The lowest BCUT2D eigenvalue weighted by atomic mass is 10.1. The predicted octanol–water partition coefficient (Wildman–Crippen LogP) is 3.35. The molecule has 0 aliphatic rings. The summed E-state index contributed by atoms with van der Waals surface area (Å²) >= 11 is 0. The molecule has 0 saturated heterocycles. The Kier molecular flexibility index (Phi) is 4.46. The second kappa shape index (κ2) is 7.07. The summed E-state index contributed by atoms with van der Waals surface area (Å²) in [6.45, 7) is 5.28. The minimum absolute atomic E-state index is 0.102. The first kappa shape index (κ1) is 17.0. The monoisotopic (exact) mass is 359 g/mol. The van der Waals surface area contributed by atoms with Crippen molar-refractivity contribution in [2.45, 2.75) is 26.9 Å². The molecule has 0 bridgehead atoms. The average molecular weight is 359 g/mol. The fourth-order valence-corrected chi connectivity index (χ4v) is 3.26. The van der Waals surface area contributed by atoms with Gasteiger partial charge < -0.3 is 10.3 Å². The van der Waals surface area contributed by atoms with Gasteiger partial charge in [-0.3, -0.25) is 4.79 Å². The minimum atomic E-state index is -0.102. The molecule has 0 saturated carbocycles. The Hall–Kier alpha value is -3.41. The second-order valence-corrected chi connectivity index (χ2v) is 6.82. The van der Waals surface area contributed by atoms with E-state index in [9.17, 15) is 4.79 Å². The molecule has 0 spiro atoms. The van der Waals surface area contributed by atoms with E-state index in [1.54, 1.807) is 11.0 Å². The third kappa shape index (κ3) is 3.74. The highest BCUT2D eigenvalue weighted by atomic mass is 16.1. The summed E-state index contributed by atoms with van der Waals surface area (Å²) in [5.74, 6) is -0.102. The van der Waals surface area contributed by atoms with Crippen LogP contribution in [0.4, 0.5) is 0 Å². The van der Waals surface area contributed by atoms with Gasteiger partial charge in [0.1, 0.15) is 18.3 Å². The Morgan fingerprint density at radius 1 is 1.11 bits per heavy atom. The first-order valence-corrected chi connectivity index (χ1v) is 8.87. The van der Waals surface area contributed by atoms with E-state index in [-0.39, 0.29) is 5.91 Å². The number of aromatic nitrogens is 4. The molecule has 2 aromatic carbocycles. The van der Waals surface area contributed by atoms with E-state index in [2.05, 4.69) is 46.4 Å². The number of benzene rings is 2. The molecule has 27 heavy (non-hydrogen) atoms. The molecule has 0 fully saturated rings. The van der Waals surface area contributed by atoms with E-state index >= 15 is 0 Å². The van der Waals surface area contributed by atoms with Crippen LogP contribution in [-0.4, -0.2) is 25.7 Å². The van der Waals surface area contributed by atoms with Crippen LogP contribution < -0.4 is 5.32 Å². The van der Waals surface area contributed by atoms with Crippen molar-refractivity contribution in [1.82, 2.24) is 25.1 Å². The first-order chi connectivity index (χ1) is 13.1. The molecule has 1 amide bonds. The minimum Gasteiger partial charge on any atom is -0.351 e. The highest BCUT2D eigenvalue weighted by molar-refractivity contribution is 5.98. The summed E-state index contributed by atoms with van der Waals surface area (Å²) in [4.78, 5) is 19.7. The SMILES string of the molecule is Cc1cc(C)c2cc(C(=O)NCc3ccc(Cn4cncn4)cc3)[nH]c2c1. The number of H-pyrrole nitrogens is 1. The van der Waals surface area contributed by atoms with Crippen LogP contribution in [0.1, 0.15) is 32.7 Å². The van der Waals surface area contributed by atoms with Gasteiger partial charge in [0.2, 0.25) is 0 Å². The Labute approximate surface area is 157 Å². The molecule has 136 valence electrons. The molecule has 6 nitrogen and oxygen atoms in total. The van der Waals surface area contributed by atoms with E-state index in [1.807, 2.05) is 30.3 Å². The van der Waals surface area contributed by atoms with Crippen LogP contribution in [0.25, 0.3) is 10.9 Å². The fourth-order valence-electron chi connectivity index (χ4n) is 3.26. The molecule has 2 heterocycles. The van der Waals surface area contributed by atoms with Gasteiger partial charge in [0.05, 0.1) is 6.54 Å². The number of carbonyl (C=O) groups excluding carboxylic acids is 1. The molecule has 2 N–H and O–H groups in total. The third-order valence-electron chi connectivity index (χ3n) is 4.62. The normalized spacial score (nSPS) is 11.0. The van der Waals surface area contributed by atoms with Crippen molar-refractivity contribution in [3.63, 3.8) is 0 Å². The fraction of sp³-hybridized carbons (Fsp3) is 0.190. The highest BCUT2D eigenvalue weighted by Gasteiger charge is 2.11. The summed E-state index contributed by atoms with van der Waals surface area (Å²) in [7, 11) is 0. The van der Waals surface area contributed by atoms with Crippen LogP contribution in [0, 0.1) is 13.8 Å². The largest absolute Gasteiger partial charge is 0.351 e. The number of nitrogens with zero attached hydrogens (tertiary/aromatic N) is 3. The maximum absolute atomic E-state index is 12.5. The molecule has 0 aliphatic heterocycles. The number of hydrogen-bond acceptors (Lipinski definition) is 3. The quantitative estimate of drug-likeness (QED) is 0.574. The number of fused-ring (bicyclic) bond motifs is 1. The van der Waals surface area contributed by atoms with E-state index < -0.39 is 0 Å². The lowest BCUT2D eigenvalue weighted by molar-refractivity contribution is 0.0947. The van der Waals surface area contributed by atoms with Crippen LogP contribution in [-0.2, 0) is 13.1 Å². The van der Waals surface area contributed by atoms with Gasteiger partial charge in [-0.1, -0.05) is 30.3 Å². The first-order valence-electron chi connectivity index (χ1n) is 8.87. The summed E-state index contributed by atoms with van der Waals surface area (Å²) in [5.41, 5.74) is 6.12. The molecule has 0 atom stereocenters. The van der Waals surface area contributed by atoms with Crippen molar-refractivity contribution < 1.29 is 4.79 Å². The van der Waals surface area contributed by atoms with E-state index in [1.165, 1.54) is 17.5 Å². The van der Waals surface area contributed by atoms with Gasteiger partial charge in [-0.15, -0.1) is 0 Å². The van der Waals surface area contributed by atoms with Gasteiger partial charge in [-0.05, 0) is 48.2 Å². The lowest BCUT2D eigenvalue weighted by Gasteiger charge is -2.06. The molecule has 4 aromatic rings. The van der Waals surface area contributed by atoms with Crippen LogP contribution in [0.15, 0.2) is 55.1 Å². The Morgan fingerprint density at radius 3 is 2.63 bits per heavy atom. The zero-order valence-corrected chi connectivity index (χ0v) is 15.4. The second-order valence-electron chi connectivity index (χ2n) is 6.82. The predicted molar refractivity (Wildman–Crippen MR) is 105 cm³/mol. The third-order valence-corrected chi connectivity index (χ3v) is 4.62. The van der Waals surface area contributed by atoms with E-state index in [0.717, 1.165) is 22.0 Å². The standard InChI is InChI=1S/C21H21N5O/c1-14-7-15(2)18-9-20(25-19(18)8-14)21(27)23-10-16-3-5-17(6-4-16)11-26-13-22-12-24-26/h3-9,12-13,25H,10-11H2,1-2H3,(H,23,27). The lowest BCUT2D eigenvalue weighted by Crippen LogP contribution is -2.23. The molecule has 0 radical (unpaired) electrons. The number of carbonyl (C=O) groups is 1. The van der Waals surface area contributed by atoms with Gasteiger partial charge in [0.15, 0.2) is 0 Å². The van der Waals surface area contributed by atoms with Crippen LogP contribution in [0.5, 0.6) is 0 Å². The number of nitrogens with one attached hydrogen (secondary N) is 2. The van der Waals surface area contributed by atoms with Gasteiger partial charge in [-0.2, -0.15) is 5.10 Å². The molecule has 6 heteroatoms. The summed E-state index contributed by atoms with van der Waals surface area (Å²) in [6, 6.07) is 14.2. The zero-order chi connectivity index (χ0) is 18.8. The maximum atomic E-state index is 12.5. The number of rotatable bonds is 5. The molecule has 0 aliphatic carbocycles. The van der Waals surface area contributed by atoms with Crippen molar-refractivity contribution in [2.24, 2.45) is 0 Å². The Bertz CT molecular complexity index is 1080. The van der Waals surface area contributed by atoms with Gasteiger partial charge in [0, 0.05) is 17.4 Å². The topological polar surface area (TPSA) is 75.6 Å². The average Bonchev–Trinajstić information content (AvgIpc) is 3.30. The van der Waals surface area contributed by atoms with Crippen molar-refractivity contribution in [1.29, 1.82) is 0 Å². The van der Waals surface area contributed by atoms with Gasteiger partial charge >= 0.3 is 0 Å². The van der Waals surface area contributed by atoms with Crippen molar-refractivity contribution in [3.05, 3.63) is 83.1 Å². The van der Waals surface area contributed by atoms with E-state index in [0.29, 0.717) is 18.8 Å². The van der Waals surface area contributed by atoms with Crippen molar-refractivity contribution >= 4 is 16.8 Å². The van der Waals surface area contributed by atoms with Gasteiger partial charge in [0.25, 0.3) is 5.91 Å². The molecule has 2 aromatic heterocycles. The molecule has 0 unspecified atom stereocenters. The highest BCUT2D eigenvalue weighted by Crippen LogP contribution is 2.21. The number of amides is 1. The number of aryl methyl sites for hydroxylation is 2. The maximum Gasteiger partial charge on any atom is 0.267 e. The zero-order valence-electron chi connectivity index (χ0n) is 15.4. The molecular weight excluding hydrogens is 338 g/mol. The number of hydrogen-bond donors (Lipinski definition) is 2. The molecular formula is C21H21N5O. The Balaban J connectivity index is 1.41.